The fourth-order valence-electron chi connectivity index (χ4n) is 4.30. The summed E-state index contributed by atoms with van der Waals surface area (Å²) >= 11 is 1.53. The minimum absolute atomic E-state index is 0.0330. The van der Waals surface area contributed by atoms with E-state index in [1.807, 2.05) is 42.6 Å². The number of benzene rings is 1. The lowest BCUT2D eigenvalue weighted by Gasteiger charge is -2.29. The topological polar surface area (TPSA) is 92.7 Å². The number of aryl methyl sites for hydroxylation is 1. The average Bonchev–Trinajstić information content (AvgIpc) is 3.38. The summed E-state index contributed by atoms with van der Waals surface area (Å²) in [7, 11) is 1.70. The van der Waals surface area contributed by atoms with Gasteiger partial charge in [0.25, 0.3) is 0 Å². The molecule has 1 fully saturated rings. The second-order valence-corrected chi connectivity index (χ2v) is 9.71. The number of rotatable bonds is 10. The van der Waals surface area contributed by atoms with Crippen molar-refractivity contribution < 1.29 is 19.1 Å². The largest absolute Gasteiger partial charge is 0.492 e. The van der Waals surface area contributed by atoms with Gasteiger partial charge in [0.1, 0.15) is 5.75 Å². The van der Waals surface area contributed by atoms with E-state index in [1.54, 1.807) is 36.5 Å². The Bertz CT molecular complexity index is 1180. The fourth-order valence-corrected chi connectivity index (χ4v) is 4.90. The number of pyridine rings is 1. The molecule has 1 aliphatic rings. The molecule has 0 N–H and O–H groups in total. The van der Waals surface area contributed by atoms with Crippen LogP contribution in [0.15, 0.2) is 60.2 Å². The molecule has 8 nitrogen and oxygen atoms in total. The molecule has 3 amide bonds. The molecule has 0 spiro atoms. The molecule has 0 aliphatic carbocycles. The third kappa shape index (κ3) is 5.57. The van der Waals surface area contributed by atoms with Gasteiger partial charge >= 0.3 is 0 Å². The molecule has 1 aromatic carbocycles. The molecule has 9 heteroatoms. The minimum atomic E-state index is -1.22. The molecule has 3 aromatic rings. The van der Waals surface area contributed by atoms with Crippen molar-refractivity contribution in [3.8, 4) is 5.75 Å². The van der Waals surface area contributed by atoms with Crippen molar-refractivity contribution in [1.29, 1.82) is 0 Å². The van der Waals surface area contributed by atoms with Crippen molar-refractivity contribution in [2.75, 3.05) is 20.2 Å². The quantitative estimate of drug-likeness (QED) is 0.318. The van der Waals surface area contributed by atoms with Crippen LogP contribution in [0.5, 0.6) is 5.75 Å². The van der Waals surface area contributed by atoms with Gasteiger partial charge in [-0.2, -0.15) is 0 Å². The first-order valence-electron chi connectivity index (χ1n) is 11.5. The van der Waals surface area contributed by atoms with Gasteiger partial charge in [-0.05, 0) is 31.0 Å². The fraction of sp³-hybridized carbons (Fsp3) is 0.346. The Morgan fingerprint density at radius 3 is 2.69 bits per heavy atom. The molecule has 2 aromatic heterocycles. The molecule has 1 atom stereocenters. The Kier molecular flexibility index (Phi) is 7.55. The van der Waals surface area contributed by atoms with Gasteiger partial charge in [0.05, 0.1) is 35.5 Å². The number of hydrogen-bond acceptors (Lipinski definition) is 7. The van der Waals surface area contributed by atoms with Crippen LogP contribution in [0.25, 0.3) is 0 Å². The van der Waals surface area contributed by atoms with Crippen molar-refractivity contribution in [2.24, 2.45) is 0 Å². The summed E-state index contributed by atoms with van der Waals surface area (Å²) in [6.45, 7) is 2.84. The summed E-state index contributed by atoms with van der Waals surface area (Å²) in [4.78, 5) is 51.2. The highest BCUT2D eigenvalue weighted by Crippen LogP contribution is 2.40. The molecule has 0 bridgehead atoms. The number of thiazole rings is 1. The lowest BCUT2D eigenvalue weighted by molar-refractivity contribution is -0.142. The third-order valence-corrected chi connectivity index (χ3v) is 6.93. The van der Waals surface area contributed by atoms with Crippen LogP contribution < -0.4 is 4.74 Å². The van der Waals surface area contributed by atoms with E-state index < -0.39 is 5.41 Å². The van der Waals surface area contributed by atoms with Crippen LogP contribution in [0.4, 0.5) is 0 Å². The summed E-state index contributed by atoms with van der Waals surface area (Å²) < 4.78 is 5.65. The molecule has 1 aliphatic heterocycles. The highest BCUT2D eigenvalue weighted by atomic mass is 32.1. The number of imide groups is 1. The maximum absolute atomic E-state index is 13.7. The number of carbonyl (C=O) groups is 3. The van der Waals surface area contributed by atoms with Gasteiger partial charge in [-0.25, -0.2) is 4.98 Å². The zero-order chi connectivity index (χ0) is 24.8. The second kappa shape index (κ2) is 10.8. The van der Waals surface area contributed by atoms with E-state index in [-0.39, 0.29) is 37.1 Å². The van der Waals surface area contributed by atoms with Crippen molar-refractivity contribution in [1.82, 2.24) is 19.8 Å². The van der Waals surface area contributed by atoms with Crippen LogP contribution in [-0.4, -0.2) is 57.7 Å². The van der Waals surface area contributed by atoms with E-state index in [1.165, 1.54) is 16.2 Å². The Balaban J connectivity index is 1.47. The standard InChI is InChI=1S/C26H28N4O4S/c1-19-28-21(18-35-19)17-29(2)23(31)14-26(20-8-4-3-5-9-20)15-24(32)30(25(26)33)12-7-13-34-22-10-6-11-27-16-22/h3-6,8-11,16,18H,7,12-15,17H2,1-2H3/t26-/m0/s1. The Hall–Kier alpha value is -3.59. The molecule has 0 radical (unpaired) electrons. The third-order valence-electron chi connectivity index (χ3n) is 6.11. The number of hydrogen-bond donors (Lipinski definition) is 0. The molecule has 35 heavy (non-hydrogen) atoms. The summed E-state index contributed by atoms with van der Waals surface area (Å²) in [6.07, 6.45) is 3.64. The Labute approximate surface area is 208 Å². The van der Waals surface area contributed by atoms with Crippen molar-refractivity contribution in [2.45, 2.75) is 38.1 Å². The molecule has 4 rings (SSSR count). The summed E-state index contributed by atoms with van der Waals surface area (Å²) in [5.41, 5.74) is 0.270. The van der Waals surface area contributed by atoms with Crippen LogP contribution in [0.2, 0.25) is 0 Å². The number of amides is 3. The predicted octanol–water partition coefficient (Wildman–Crippen LogP) is 3.36. The van der Waals surface area contributed by atoms with Crippen molar-refractivity contribution in [3.05, 3.63) is 76.5 Å². The molecule has 182 valence electrons. The van der Waals surface area contributed by atoms with Gasteiger partial charge in [-0.3, -0.25) is 24.3 Å². The van der Waals surface area contributed by atoms with E-state index in [4.69, 9.17) is 4.74 Å². The van der Waals surface area contributed by atoms with Gasteiger partial charge in [0.15, 0.2) is 0 Å². The zero-order valence-corrected chi connectivity index (χ0v) is 20.7. The lowest BCUT2D eigenvalue weighted by atomic mass is 9.75. The van der Waals surface area contributed by atoms with Crippen LogP contribution >= 0.6 is 11.3 Å². The minimum Gasteiger partial charge on any atom is -0.492 e. The van der Waals surface area contributed by atoms with Crippen LogP contribution in [0.1, 0.15) is 35.5 Å². The SMILES string of the molecule is Cc1nc(CN(C)C(=O)C[C@@]2(c3ccccc3)CC(=O)N(CCCOc3cccnc3)C2=O)cs1. The summed E-state index contributed by atoms with van der Waals surface area (Å²) in [5.74, 6) is -0.177. The summed E-state index contributed by atoms with van der Waals surface area (Å²) in [5, 5.41) is 2.85. The van der Waals surface area contributed by atoms with E-state index in [0.29, 0.717) is 30.9 Å². The van der Waals surface area contributed by atoms with Crippen LogP contribution in [0.3, 0.4) is 0 Å². The number of ether oxygens (including phenoxy) is 1. The number of aromatic nitrogens is 2. The van der Waals surface area contributed by atoms with Crippen LogP contribution in [0, 0.1) is 6.92 Å². The molecular weight excluding hydrogens is 464 g/mol. The van der Waals surface area contributed by atoms with Gasteiger partial charge in [0.2, 0.25) is 17.7 Å². The maximum Gasteiger partial charge on any atom is 0.240 e. The molecule has 0 saturated carbocycles. The molecule has 1 saturated heterocycles. The van der Waals surface area contributed by atoms with E-state index in [9.17, 15) is 14.4 Å². The van der Waals surface area contributed by atoms with Gasteiger partial charge < -0.3 is 9.64 Å². The first kappa shape index (κ1) is 24.5. The van der Waals surface area contributed by atoms with Gasteiger partial charge in [-0.15, -0.1) is 11.3 Å². The Morgan fingerprint density at radius 1 is 1.20 bits per heavy atom. The predicted molar refractivity (Wildman–Crippen MR) is 132 cm³/mol. The lowest BCUT2D eigenvalue weighted by Crippen LogP contribution is -2.43. The smallest absolute Gasteiger partial charge is 0.240 e. The van der Waals surface area contributed by atoms with Crippen LogP contribution in [-0.2, 0) is 26.3 Å². The molecule has 3 heterocycles. The highest BCUT2D eigenvalue weighted by Gasteiger charge is 2.53. The van der Waals surface area contributed by atoms with E-state index >= 15 is 0 Å². The molecule has 0 unspecified atom stereocenters. The Morgan fingerprint density at radius 2 is 2.00 bits per heavy atom. The van der Waals surface area contributed by atoms with Crippen molar-refractivity contribution in [3.63, 3.8) is 0 Å². The average molecular weight is 493 g/mol. The zero-order valence-electron chi connectivity index (χ0n) is 19.8. The van der Waals surface area contributed by atoms with E-state index in [2.05, 4.69) is 9.97 Å². The number of nitrogens with zero attached hydrogens (tertiary/aromatic N) is 4. The first-order valence-corrected chi connectivity index (χ1v) is 12.3. The normalized spacial score (nSPS) is 17.6. The first-order chi connectivity index (χ1) is 16.9. The summed E-state index contributed by atoms with van der Waals surface area (Å²) in [6, 6.07) is 12.7. The second-order valence-electron chi connectivity index (χ2n) is 8.65. The van der Waals surface area contributed by atoms with Gasteiger partial charge in [0, 0.05) is 38.0 Å². The number of carbonyl (C=O) groups excluding carboxylic acids is 3. The van der Waals surface area contributed by atoms with E-state index in [0.717, 1.165) is 10.7 Å². The highest BCUT2D eigenvalue weighted by molar-refractivity contribution is 7.09. The number of likely N-dealkylation sites (tertiary alicyclic amines) is 1. The van der Waals surface area contributed by atoms with Gasteiger partial charge in [-0.1, -0.05) is 30.3 Å². The monoisotopic (exact) mass is 492 g/mol. The maximum atomic E-state index is 13.7. The van der Waals surface area contributed by atoms with Crippen molar-refractivity contribution >= 4 is 29.1 Å². The molecular formula is C26H28N4O4S.